The van der Waals surface area contributed by atoms with Gasteiger partial charge in [-0.25, -0.2) is 4.98 Å². The molecule has 25 heavy (non-hydrogen) atoms. The van der Waals surface area contributed by atoms with Crippen LogP contribution < -0.4 is 14.8 Å². The fourth-order valence-corrected chi connectivity index (χ4v) is 4.11. The van der Waals surface area contributed by atoms with Gasteiger partial charge in [0, 0.05) is 4.47 Å². The van der Waals surface area contributed by atoms with Crippen molar-refractivity contribution in [1.29, 1.82) is 0 Å². The minimum absolute atomic E-state index is 0.117. The summed E-state index contributed by atoms with van der Waals surface area (Å²) in [6.07, 6.45) is 0.228. The number of aromatic nitrogens is 1. The zero-order chi connectivity index (χ0) is 17.4. The third kappa shape index (κ3) is 3.48. The van der Waals surface area contributed by atoms with Gasteiger partial charge in [-0.3, -0.25) is 4.79 Å². The highest BCUT2D eigenvalue weighted by atomic mass is 79.9. The normalized spacial score (nSPS) is 13.0. The van der Waals surface area contributed by atoms with Gasteiger partial charge in [-0.2, -0.15) is 0 Å². The fourth-order valence-electron chi connectivity index (χ4n) is 2.66. The van der Waals surface area contributed by atoms with Crippen molar-refractivity contribution < 1.29 is 14.3 Å². The quantitative estimate of drug-likeness (QED) is 0.687. The number of nitrogens with zero attached hydrogens (tertiary/aromatic N) is 1. The minimum Gasteiger partial charge on any atom is -0.486 e. The van der Waals surface area contributed by atoms with Gasteiger partial charge in [0.05, 0.1) is 16.6 Å². The monoisotopic (exact) mass is 418 g/mol. The Bertz CT molecular complexity index is 970. The average Bonchev–Trinajstić information content (AvgIpc) is 2.96. The Hall–Kier alpha value is -2.12. The van der Waals surface area contributed by atoms with Gasteiger partial charge in [-0.1, -0.05) is 33.3 Å². The molecule has 1 aromatic heterocycles. The molecular weight excluding hydrogens is 404 g/mol. The van der Waals surface area contributed by atoms with Crippen LogP contribution in [0.1, 0.15) is 11.1 Å². The van der Waals surface area contributed by atoms with Crippen LogP contribution in [0, 0.1) is 6.92 Å². The molecule has 1 amide bonds. The number of fused-ring (bicyclic) bond motifs is 2. The second-order valence-corrected chi connectivity index (χ2v) is 7.69. The van der Waals surface area contributed by atoms with Crippen LogP contribution in [0.4, 0.5) is 5.13 Å². The van der Waals surface area contributed by atoms with Crippen molar-refractivity contribution in [2.45, 2.75) is 13.3 Å². The summed E-state index contributed by atoms with van der Waals surface area (Å²) in [6, 6.07) is 9.74. The summed E-state index contributed by atoms with van der Waals surface area (Å²) in [4.78, 5) is 16.9. The van der Waals surface area contributed by atoms with E-state index in [-0.39, 0.29) is 12.3 Å². The summed E-state index contributed by atoms with van der Waals surface area (Å²) < 4.78 is 13.0. The lowest BCUT2D eigenvalue weighted by atomic mass is 10.1. The number of benzene rings is 2. The number of amides is 1. The van der Waals surface area contributed by atoms with Crippen molar-refractivity contribution in [3.8, 4) is 11.5 Å². The summed E-state index contributed by atoms with van der Waals surface area (Å²) in [5.74, 6) is 1.25. The molecule has 1 aliphatic heterocycles. The van der Waals surface area contributed by atoms with Crippen molar-refractivity contribution in [2.24, 2.45) is 0 Å². The van der Waals surface area contributed by atoms with Gasteiger partial charge in [0.1, 0.15) is 13.2 Å². The van der Waals surface area contributed by atoms with Gasteiger partial charge in [-0.05, 0) is 42.3 Å². The molecule has 4 rings (SSSR count). The van der Waals surface area contributed by atoms with E-state index in [0.717, 1.165) is 20.3 Å². The lowest BCUT2D eigenvalue weighted by molar-refractivity contribution is -0.115. The SMILES string of the molecule is Cc1ccc2nc(NC(=O)Cc3cc4c(cc3Br)OCCO4)sc2c1. The molecule has 1 aliphatic rings. The molecule has 0 unspecified atom stereocenters. The van der Waals surface area contributed by atoms with Crippen LogP contribution in [0.5, 0.6) is 11.5 Å². The van der Waals surface area contributed by atoms with Crippen LogP contribution >= 0.6 is 27.3 Å². The van der Waals surface area contributed by atoms with E-state index >= 15 is 0 Å². The first-order chi connectivity index (χ1) is 12.1. The highest BCUT2D eigenvalue weighted by Crippen LogP contribution is 2.36. The number of carbonyl (C=O) groups is 1. The number of carbonyl (C=O) groups excluding carboxylic acids is 1. The number of thiazole rings is 1. The third-order valence-corrected chi connectivity index (χ3v) is 5.52. The molecule has 3 aromatic rings. The number of nitrogens with one attached hydrogen (secondary N) is 1. The van der Waals surface area contributed by atoms with E-state index < -0.39 is 0 Å². The second-order valence-electron chi connectivity index (χ2n) is 5.80. The van der Waals surface area contributed by atoms with E-state index in [4.69, 9.17) is 9.47 Å². The molecule has 2 aromatic carbocycles. The average molecular weight is 419 g/mol. The molecule has 128 valence electrons. The summed E-state index contributed by atoms with van der Waals surface area (Å²) in [5.41, 5.74) is 2.92. The fraction of sp³-hybridized carbons (Fsp3) is 0.222. The van der Waals surface area contributed by atoms with Gasteiger partial charge in [-0.15, -0.1) is 0 Å². The molecule has 0 saturated heterocycles. The van der Waals surface area contributed by atoms with E-state index in [1.54, 1.807) is 0 Å². The minimum atomic E-state index is -0.117. The zero-order valence-electron chi connectivity index (χ0n) is 13.5. The van der Waals surface area contributed by atoms with E-state index in [1.807, 2.05) is 31.2 Å². The molecule has 0 bridgehead atoms. The lowest BCUT2D eigenvalue weighted by Crippen LogP contribution is -2.17. The molecule has 5 nitrogen and oxygen atoms in total. The van der Waals surface area contributed by atoms with E-state index in [1.165, 1.54) is 16.9 Å². The molecule has 0 radical (unpaired) electrons. The molecule has 7 heteroatoms. The van der Waals surface area contributed by atoms with Crippen LogP contribution in [-0.4, -0.2) is 24.1 Å². The maximum Gasteiger partial charge on any atom is 0.230 e. The number of rotatable bonds is 3. The summed E-state index contributed by atoms with van der Waals surface area (Å²) in [6.45, 7) is 3.10. The Labute approximate surface area is 157 Å². The summed E-state index contributed by atoms with van der Waals surface area (Å²) in [7, 11) is 0. The largest absolute Gasteiger partial charge is 0.486 e. The predicted octanol–water partition coefficient (Wildman–Crippen LogP) is 4.32. The molecule has 0 aliphatic carbocycles. The molecule has 0 saturated carbocycles. The summed E-state index contributed by atoms with van der Waals surface area (Å²) >= 11 is 4.97. The second kappa shape index (κ2) is 6.65. The molecule has 0 fully saturated rings. The van der Waals surface area contributed by atoms with E-state index in [2.05, 4.69) is 32.3 Å². The maximum atomic E-state index is 12.4. The standard InChI is InChI=1S/C18H15BrN2O3S/c1-10-2-3-13-16(6-10)25-18(20-13)21-17(22)8-11-7-14-15(9-12(11)19)24-5-4-23-14/h2-3,6-7,9H,4-5,8H2,1H3,(H,20,21,22). The predicted molar refractivity (Wildman–Crippen MR) is 102 cm³/mol. The van der Waals surface area contributed by atoms with Gasteiger partial charge < -0.3 is 14.8 Å². The van der Waals surface area contributed by atoms with Gasteiger partial charge >= 0.3 is 0 Å². The highest BCUT2D eigenvalue weighted by molar-refractivity contribution is 9.10. The van der Waals surface area contributed by atoms with Gasteiger partial charge in [0.2, 0.25) is 5.91 Å². The molecule has 1 N–H and O–H groups in total. The van der Waals surface area contributed by atoms with Gasteiger partial charge in [0.15, 0.2) is 16.6 Å². The Morgan fingerprint density at radius 3 is 2.80 bits per heavy atom. The van der Waals surface area contributed by atoms with Crippen molar-refractivity contribution in [2.75, 3.05) is 18.5 Å². The van der Waals surface area contributed by atoms with Crippen molar-refractivity contribution >= 4 is 48.5 Å². The highest BCUT2D eigenvalue weighted by Gasteiger charge is 2.17. The van der Waals surface area contributed by atoms with Crippen molar-refractivity contribution in [1.82, 2.24) is 4.98 Å². The molecule has 0 atom stereocenters. The van der Waals surface area contributed by atoms with Crippen molar-refractivity contribution in [3.63, 3.8) is 0 Å². The van der Waals surface area contributed by atoms with Crippen LogP contribution in [0.3, 0.4) is 0 Å². The lowest BCUT2D eigenvalue weighted by Gasteiger charge is -2.19. The molecule has 2 heterocycles. The number of ether oxygens (including phenoxy) is 2. The maximum absolute atomic E-state index is 12.4. The molecular formula is C18H15BrN2O3S. The van der Waals surface area contributed by atoms with E-state index in [9.17, 15) is 4.79 Å². The Morgan fingerprint density at radius 1 is 1.24 bits per heavy atom. The number of anilines is 1. The summed E-state index contributed by atoms with van der Waals surface area (Å²) in [5, 5.41) is 3.49. The number of hydrogen-bond acceptors (Lipinski definition) is 5. The number of halogens is 1. The Balaban J connectivity index is 1.51. The van der Waals surface area contributed by atoms with Gasteiger partial charge in [0.25, 0.3) is 0 Å². The van der Waals surface area contributed by atoms with Crippen LogP contribution in [0.25, 0.3) is 10.2 Å². The van der Waals surface area contributed by atoms with Crippen LogP contribution in [0.2, 0.25) is 0 Å². The first kappa shape index (κ1) is 16.4. The first-order valence-electron chi connectivity index (χ1n) is 7.83. The number of hydrogen-bond donors (Lipinski definition) is 1. The number of aryl methyl sites for hydroxylation is 1. The smallest absolute Gasteiger partial charge is 0.230 e. The van der Waals surface area contributed by atoms with E-state index in [0.29, 0.717) is 29.8 Å². The zero-order valence-corrected chi connectivity index (χ0v) is 15.9. The Morgan fingerprint density at radius 2 is 2.00 bits per heavy atom. The topological polar surface area (TPSA) is 60.5 Å². The molecule has 0 spiro atoms. The van der Waals surface area contributed by atoms with Crippen molar-refractivity contribution in [3.05, 3.63) is 45.9 Å². The van der Waals surface area contributed by atoms with Crippen LogP contribution in [-0.2, 0) is 11.2 Å². The first-order valence-corrected chi connectivity index (χ1v) is 9.44. The third-order valence-electron chi connectivity index (χ3n) is 3.85. The van der Waals surface area contributed by atoms with Crippen LogP contribution in [0.15, 0.2) is 34.8 Å². The Kier molecular flexibility index (Phi) is 4.35.